The smallest absolute Gasteiger partial charge is 0.267 e. The molecule has 0 radical (unpaired) electrons. The van der Waals surface area contributed by atoms with Crippen molar-refractivity contribution in [2.24, 2.45) is 10.7 Å². The molecule has 10 heteroatoms. The molecule has 0 aromatic carbocycles. The van der Waals surface area contributed by atoms with Gasteiger partial charge in [0.1, 0.15) is 0 Å². The molecule has 26 heavy (non-hydrogen) atoms. The second-order valence-electron chi connectivity index (χ2n) is 5.53. The Labute approximate surface area is 158 Å². The Morgan fingerprint density at radius 3 is 2.65 bits per heavy atom. The SMILES string of the molecule is CCN1C(=O)C=C(SCCNC(=O)C(N)CCCN/C(=N/C)NC)C1=O. The molecule has 0 fully saturated rings. The lowest BCUT2D eigenvalue weighted by atomic mass is 10.1. The fourth-order valence-corrected chi connectivity index (χ4v) is 3.14. The minimum Gasteiger partial charge on any atom is -0.359 e. The monoisotopic (exact) mass is 384 g/mol. The molecule has 1 aliphatic heterocycles. The van der Waals surface area contributed by atoms with Gasteiger partial charge in [-0.1, -0.05) is 0 Å². The number of nitrogens with one attached hydrogen (secondary N) is 3. The molecule has 1 unspecified atom stereocenters. The van der Waals surface area contributed by atoms with E-state index in [2.05, 4.69) is 20.9 Å². The number of hydrogen-bond acceptors (Lipinski definition) is 6. The van der Waals surface area contributed by atoms with E-state index in [1.54, 1.807) is 21.0 Å². The van der Waals surface area contributed by atoms with Crippen molar-refractivity contribution in [3.63, 3.8) is 0 Å². The zero-order chi connectivity index (χ0) is 19.5. The third kappa shape index (κ3) is 6.68. The zero-order valence-electron chi connectivity index (χ0n) is 15.5. The molecule has 0 spiro atoms. The summed E-state index contributed by atoms with van der Waals surface area (Å²) in [5, 5.41) is 8.75. The maximum absolute atomic E-state index is 11.9. The summed E-state index contributed by atoms with van der Waals surface area (Å²) < 4.78 is 0. The molecule has 0 saturated heterocycles. The van der Waals surface area contributed by atoms with Crippen LogP contribution in [-0.4, -0.2) is 74.1 Å². The van der Waals surface area contributed by atoms with Gasteiger partial charge in [0, 0.05) is 45.6 Å². The van der Waals surface area contributed by atoms with Crippen molar-refractivity contribution in [1.29, 1.82) is 0 Å². The van der Waals surface area contributed by atoms with Gasteiger partial charge in [0.25, 0.3) is 11.8 Å². The van der Waals surface area contributed by atoms with E-state index < -0.39 is 6.04 Å². The first-order valence-corrected chi connectivity index (χ1v) is 9.55. The van der Waals surface area contributed by atoms with Crippen LogP contribution in [0.4, 0.5) is 0 Å². The second-order valence-corrected chi connectivity index (χ2v) is 6.67. The van der Waals surface area contributed by atoms with E-state index in [1.807, 2.05) is 0 Å². The molecule has 0 aromatic rings. The topological polar surface area (TPSA) is 129 Å². The lowest BCUT2D eigenvalue weighted by Gasteiger charge is -2.13. The normalized spacial score (nSPS) is 15.8. The summed E-state index contributed by atoms with van der Waals surface area (Å²) in [4.78, 5) is 41.0. The first-order valence-electron chi connectivity index (χ1n) is 8.56. The Bertz CT molecular complexity index is 578. The molecule has 5 N–H and O–H groups in total. The second kappa shape index (κ2) is 11.5. The number of amides is 3. The average molecular weight is 385 g/mol. The number of nitrogens with zero attached hydrogens (tertiary/aromatic N) is 2. The van der Waals surface area contributed by atoms with Gasteiger partial charge in [-0.05, 0) is 19.8 Å². The largest absolute Gasteiger partial charge is 0.359 e. The van der Waals surface area contributed by atoms with Crippen LogP contribution in [0.3, 0.4) is 0 Å². The molecule has 1 aliphatic rings. The molecule has 0 aliphatic carbocycles. The quantitative estimate of drug-likeness (QED) is 0.165. The molecule has 1 heterocycles. The summed E-state index contributed by atoms with van der Waals surface area (Å²) >= 11 is 1.26. The Hall–Kier alpha value is -2.07. The van der Waals surface area contributed by atoms with Gasteiger partial charge in [0.2, 0.25) is 5.91 Å². The molecule has 9 nitrogen and oxygen atoms in total. The number of guanidine groups is 1. The first-order chi connectivity index (χ1) is 12.4. The predicted octanol–water partition coefficient (Wildman–Crippen LogP) is -0.989. The maximum Gasteiger partial charge on any atom is 0.267 e. The highest BCUT2D eigenvalue weighted by molar-refractivity contribution is 8.04. The molecule has 1 atom stereocenters. The number of thioether (sulfide) groups is 1. The molecular formula is C16H28N6O3S. The van der Waals surface area contributed by atoms with Gasteiger partial charge in [-0.25, -0.2) is 0 Å². The van der Waals surface area contributed by atoms with E-state index >= 15 is 0 Å². The first kappa shape index (κ1) is 22.0. The number of aliphatic imine (C=N–C) groups is 1. The van der Waals surface area contributed by atoms with Gasteiger partial charge < -0.3 is 21.7 Å². The lowest BCUT2D eigenvalue weighted by Crippen LogP contribution is -2.42. The molecule has 1 rings (SSSR count). The van der Waals surface area contributed by atoms with Crippen LogP contribution in [0.15, 0.2) is 16.0 Å². The Morgan fingerprint density at radius 1 is 1.35 bits per heavy atom. The van der Waals surface area contributed by atoms with E-state index in [9.17, 15) is 14.4 Å². The zero-order valence-corrected chi connectivity index (χ0v) is 16.3. The van der Waals surface area contributed by atoms with Crippen LogP contribution >= 0.6 is 11.8 Å². The summed E-state index contributed by atoms with van der Waals surface area (Å²) in [5.74, 6) is 0.419. The van der Waals surface area contributed by atoms with Gasteiger partial charge in [-0.3, -0.25) is 24.3 Å². The highest BCUT2D eigenvalue weighted by Gasteiger charge is 2.29. The Balaban J connectivity index is 2.19. The van der Waals surface area contributed by atoms with E-state index in [4.69, 9.17) is 5.73 Å². The number of imide groups is 1. The predicted molar refractivity (Wildman–Crippen MR) is 104 cm³/mol. The van der Waals surface area contributed by atoms with Gasteiger partial charge in [-0.2, -0.15) is 0 Å². The van der Waals surface area contributed by atoms with Crippen LogP contribution in [0.5, 0.6) is 0 Å². The summed E-state index contributed by atoms with van der Waals surface area (Å²) in [6.45, 7) is 3.16. The van der Waals surface area contributed by atoms with Crippen molar-refractivity contribution in [3.8, 4) is 0 Å². The maximum atomic E-state index is 11.9. The van der Waals surface area contributed by atoms with Crippen molar-refractivity contribution in [2.75, 3.05) is 39.5 Å². The minimum absolute atomic E-state index is 0.221. The van der Waals surface area contributed by atoms with Crippen LogP contribution in [0, 0.1) is 0 Å². The van der Waals surface area contributed by atoms with Gasteiger partial charge in [0.05, 0.1) is 10.9 Å². The summed E-state index contributed by atoms with van der Waals surface area (Å²) in [5.41, 5.74) is 5.87. The fourth-order valence-electron chi connectivity index (χ4n) is 2.29. The third-order valence-electron chi connectivity index (χ3n) is 3.73. The van der Waals surface area contributed by atoms with Crippen LogP contribution in [0.25, 0.3) is 0 Å². The van der Waals surface area contributed by atoms with Crippen LogP contribution in [-0.2, 0) is 14.4 Å². The van der Waals surface area contributed by atoms with E-state index in [1.165, 1.54) is 22.7 Å². The van der Waals surface area contributed by atoms with E-state index in [-0.39, 0.29) is 17.7 Å². The van der Waals surface area contributed by atoms with E-state index in [0.29, 0.717) is 42.7 Å². The Kier molecular flexibility index (Phi) is 9.74. The van der Waals surface area contributed by atoms with Crippen LogP contribution in [0.1, 0.15) is 19.8 Å². The van der Waals surface area contributed by atoms with Crippen LogP contribution in [0.2, 0.25) is 0 Å². The molecule has 146 valence electrons. The Morgan fingerprint density at radius 2 is 2.08 bits per heavy atom. The lowest BCUT2D eigenvalue weighted by molar-refractivity contribution is -0.136. The van der Waals surface area contributed by atoms with Gasteiger partial charge >= 0.3 is 0 Å². The van der Waals surface area contributed by atoms with Crippen LogP contribution < -0.4 is 21.7 Å². The number of carbonyl (C=O) groups is 3. The molecule has 0 bridgehead atoms. The average Bonchev–Trinajstić information content (AvgIpc) is 2.91. The standard InChI is InChI=1S/C16H28N6O3S/c1-4-22-13(23)10-12(15(22)25)26-9-8-20-14(24)11(17)6-5-7-21-16(18-2)19-3/h10-11H,4-9,17H2,1-3H3,(H,20,24)(H2,18,19,21). The summed E-state index contributed by atoms with van der Waals surface area (Å²) in [6.07, 6.45) is 2.63. The van der Waals surface area contributed by atoms with Crippen molar-refractivity contribution < 1.29 is 14.4 Å². The van der Waals surface area contributed by atoms with Crippen molar-refractivity contribution in [3.05, 3.63) is 11.0 Å². The van der Waals surface area contributed by atoms with E-state index in [0.717, 1.165) is 6.42 Å². The molecule has 0 aromatic heterocycles. The number of rotatable bonds is 10. The van der Waals surface area contributed by atoms with Crippen molar-refractivity contribution in [2.45, 2.75) is 25.8 Å². The summed E-state index contributed by atoms with van der Waals surface area (Å²) in [7, 11) is 3.46. The minimum atomic E-state index is -0.581. The van der Waals surface area contributed by atoms with Crippen molar-refractivity contribution in [1.82, 2.24) is 20.9 Å². The summed E-state index contributed by atoms with van der Waals surface area (Å²) in [6, 6.07) is -0.581. The molecular weight excluding hydrogens is 356 g/mol. The number of hydrogen-bond donors (Lipinski definition) is 4. The highest BCUT2D eigenvalue weighted by atomic mass is 32.2. The molecule has 0 saturated carbocycles. The number of carbonyl (C=O) groups excluding carboxylic acids is 3. The van der Waals surface area contributed by atoms with Gasteiger partial charge in [0.15, 0.2) is 5.96 Å². The molecule has 3 amide bonds. The number of likely N-dealkylation sites (N-methyl/N-ethyl adjacent to an activating group) is 1. The third-order valence-corrected chi connectivity index (χ3v) is 4.74. The van der Waals surface area contributed by atoms with Crippen molar-refractivity contribution >= 4 is 35.4 Å². The highest BCUT2D eigenvalue weighted by Crippen LogP contribution is 2.23. The fraction of sp³-hybridized carbons (Fsp3) is 0.625. The van der Waals surface area contributed by atoms with Gasteiger partial charge in [-0.15, -0.1) is 11.8 Å². The number of nitrogens with two attached hydrogens (primary N) is 1.